The van der Waals surface area contributed by atoms with Gasteiger partial charge in [-0.15, -0.1) is 0 Å². The monoisotopic (exact) mass is 189 g/mol. The van der Waals surface area contributed by atoms with Crippen molar-refractivity contribution in [2.24, 2.45) is 4.99 Å². The summed E-state index contributed by atoms with van der Waals surface area (Å²) in [6.45, 7) is 7.88. The van der Waals surface area contributed by atoms with E-state index in [1.54, 1.807) is 10.9 Å². The van der Waals surface area contributed by atoms with E-state index in [1.807, 2.05) is 31.3 Å². The van der Waals surface area contributed by atoms with Crippen molar-refractivity contribution < 1.29 is 0 Å². The van der Waals surface area contributed by atoms with E-state index in [9.17, 15) is 0 Å². The lowest BCUT2D eigenvalue weighted by Crippen LogP contribution is -1.98. The maximum absolute atomic E-state index is 4.36. The lowest BCUT2D eigenvalue weighted by atomic mass is 10.3. The zero-order chi connectivity index (χ0) is 10.4. The Morgan fingerprint density at radius 1 is 1.64 bits per heavy atom. The molecule has 1 rings (SSSR count). The summed E-state index contributed by atoms with van der Waals surface area (Å²) < 4.78 is 1.65. The van der Waals surface area contributed by atoms with Crippen LogP contribution in [-0.2, 0) is 0 Å². The molecule has 74 valence electrons. The fourth-order valence-corrected chi connectivity index (χ4v) is 1.07. The van der Waals surface area contributed by atoms with Crippen LogP contribution < -0.4 is 0 Å². The van der Waals surface area contributed by atoms with Crippen LogP contribution >= 0.6 is 0 Å². The van der Waals surface area contributed by atoms with E-state index in [0.29, 0.717) is 5.82 Å². The van der Waals surface area contributed by atoms with Crippen molar-refractivity contribution >= 4 is 11.5 Å². The first-order chi connectivity index (χ1) is 6.77. The van der Waals surface area contributed by atoms with Crippen LogP contribution in [-0.4, -0.2) is 15.5 Å². The number of rotatable bonds is 4. The number of allylic oxidation sites excluding steroid dienone is 2. The molecule has 0 spiro atoms. The molecule has 0 fully saturated rings. The molecule has 0 bridgehead atoms. The van der Waals surface area contributed by atoms with Crippen LogP contribution in [0, 0.1) is 0 Å². The highest BCUT2D eigenvalue weighted by Gasteiger charge is 1.95. The molecule has 0 radical (unpaired) electrons. The minimum Gasteiger partial charge on any atom is -0.234 e. The third-order valence-electron chi connectivity index (χ3n) is 1.76. The van der Waals surface area contributed by atoms with Crippen molar-refractivity contribution in [1.82, 2.24) is 9.78 Å². The predicted molar refractivity (Wildman–Crippen MR) is 60.1 cm³/mol. The molecule has 1 heterocycles. The molecule has 0 unspecified atom stereocenters. The van der Waals surface area contributed by atoms with Crippen LogP contribution in [0.3, 0.4) is 0 Å². The minimum atomic E-state index is 0.643. The van der Waals surface area contributed by atoms with E-state index in [1.165, 1.54) is 0 Å². The second-order valence-corrected chi connectivity index (χ2v) is 2.82. The average Bonchev–Trinajstić information content (AvgIpc) is 2.69. The Labute approximate surface area is 84.5 Å². The smallest absolute Gasteiger partial charge is 0.146 e. The highest BCUT2D eigenvalue weighted by molar-refractivity contribution is 5.96. The molecule has 0 aliphatic rings. The summed E-state index contributed by atoms with van der Waals surface area (Å²) in [5, 5.41) is 4.05. The van der Waals surface area contributed by atoms with Gasteiger partial charge < -0.3 is 0 Å². The van der Waals surface area contributed by atoms with Gasteiger partial charge in [0.15, 0.2) is 0 Å². The van der Waals surface area contributed by atoms with Crippen LogP contribution in [0.1, 0.15) is 20.3 Å². The molecule has 0 saturated heterocycles. The van der Waals surface area contributed by atoms with Crippen LogP contribution in [0.15, 0.2) is 42.2 Å². The van der Waals surface area contributed by atoms with E-state index in [0.717, 1.165) is 12.1 Å². The van der Waals surface area contributed by atoms with E-state index in [-0.39, 0.29) is 0 Å². The third kappa shape index (κ3) is 2.69. The summed E-state index contributed by atoms with van der Waals surface area (Å²) in [7, 11) is 0. The molecule has 0 aliphatic heterocycles. The number of nitrogens with zero attached hydrogens (tertiary/aromatic N) is 3. The molecule has 0 N–H and O–H groups in total. The van der Waals surface area contributed by atoms with E-state index < -0.39 is 0 Å². The Kier molecular flexibility index (Phi) is 3.85. The Morgan fingerprint density at radius 2 is 2.43 bits per heavy atom. The van der Waals surface area contributed by atoms with Gasteiger partial charge in [-0.3, -0.25) is 0 Å². The van der Waals surface area contributed by atoms with E-state index in [2.05, 4.69) is 23.6 Å². The van der Waals surface area contributed by atoms with Gasteiger partial charge in [-0.25, -0.2) is 9.67 Å². The summed E-state index contributed by atoms with van der Waals surface area (Å²) in [5.74, 6) is 0.643. The molecular weight excluding hydrogens is 174 g/mol. The zero-order valence-electron chi connectivity index (χ0n) is 8.64. The molecule has 1 aromatic rings. The SMILES string of the molecule is C=C(/N=C(\C=C/C)CC)n1cccn1. The predicted octanol–water partition coefficient (Wildman–Crippen LogP) is 2.74. The van der Waals surface area contributed by atoms with Crippen molar-refractivity contribution in [3.05, 3.63) is 37.2 Å². The van der Waals surface area contributed by atoms with Crippen molar-refractivity contribution in [2.75, 3.05) is 0 Å². The summed E-state index contributed by atoms with van der Waals surface area (Å²) in [4.78, 5) is 4.36. The lowest BCUT2D eigenvalue weighted by molar-refractivity contribution is 0.889. The molecule has 1 aromatic heterocycles. The van der Waals surface area contributed by atoms with Crippen LogP contribution in [0.25, 0.3) is 5.82 Å². The number of aliphatic imine (C=N–C) groups is 1. The molecule has 14 heavy (non-hydrogen) atoms. The van der Waals surface area contributed by atoms with Gasteiger partial charge >= 0.3 is 0 Å². The van der Waals surface area contributed by atoms with Gasteiger partial charge in [0.1, 0.15) is 5.82 Å². The van der Waals surface area contributed by atoms with Crippen molar-refractivity contribution in [3.8, 4) is 0 Å². The average molecular weight is 189 g/mol. The molecule has 0 aliphatic carbocycles. The summed E-state index contributed by atoms with van der Waals surface area (Å²) in [6.07, 6.45) is 8.38. The molecule has 0 saturated carbocycles. The molecule has 3 heteroatoms. The Bertz CT molecular complexity index is 345. The summed E-state index contributed by atoms with van der Waals surface area (Å²) >= 11 is 0. The van der Waals surface area contributed by atoms with Crippen molar-refractivity contribution in [2.45, 2.75) is 20.3 Å². The van der Waals surface area contributed by atoms with E-state index in [4.69, 9.17) is 0 Å². The van der Waals surface area contributed by atoms with Gasteiger partial charge in [0.25, 0.3) is 0 Å². The third-order valence-corrected chi connectivity index (χ3v) is 1.76. The number of hydrogen-bond acceptors (Lipinski definition) is 2. The topological polar surface area (TPSA) is 30.2 Å². The molecule has 0 aromatic carbocycles. The fourth-order valence-electron chi connectivity index (χ4n) is 1.07. The van der Waals surface area contributed by atoms with Gasteiger partial charge in [-0.05, 0) is 25.5 Å². The van der Waals surface area contributed by atoms with Gasteiger partial charge in [0.05, 0.1) is 0 Å². The molecule has 0 atom stereocenters. The van der Waals surface area contributed by atoms with E-state index >= 15 is 0 Å². The van der Waals surface area contributed by atoms with Crippen LogP contribution in [0.4, 0.5) is 0 Å². The normalized spacial score (nSPS) is 12.3. The Hall–Kier alpha value is -1.64. The standard InChI is InChI=1S/C11H15N3/c1-4-7-11(5-2)13-10(3)14-9-6-8-12-14/h4,6-9H,3,5H2,1-2H3/b7-4-,13-11-. The first-order valence-corrected chi connectivity index (χ1v) is 4.67. The minimum absolute atomic E-state index is 0.643. The molecule has 0 amide bonds. The first kappa shape index (κ1) is 10.4. The maximum Gasteiger partial charge on any atom is 0.146 e. The molecular formula is C11H15N3. The quantitative estimate of drug-likeness (QED) is 0.670. The van der Waals surface area contributed by atoms with Gasteiger partial charge in [0, 0.05) is 18.1 Å². The number of aromatic nitrogens is 2. The number of hydrogen-bond donors (Lipinski definition) is 0. The molecule has 3 nitrogen and oxygen atoms in total. The maximum atomic E-state index is 4.36. The van der Waals surface area contributed by atoms with Crippen LogP contribution in [0.2, 0.25) is 0 Å². The van der Waals surface area contributed by atoms with Crippen molar-refractivity contribution in [1.29, 1.82) is 0 Å². The van der Waals surface area contributed by atoms with Gasteiger partial charge in [-0.2, -0.15) is 5.10 Å². The highest BCUT2D eigenvalue weighted by atomic mass is 15.3. The second-order valence-electron chi connectivity index (χ2n) is 2.82. The van der Waals surface area contributed by atoms with Gasteiger partial charge in [0.2, 0.25) is 0 Å². The Balaban J connectivity index is 2.80. The van der Waals surface area contributed by atoms with Gasteiger partial charge in [-0.1, -0.05) is 19.6 Å². The van der Waals surface area contributed by atoms with Crippen molar-refractivity contribution in [3.63, 3.8) is 0 Å². The summed E-state index contributed by atoms with van der Waals surface area (Å²) in [6, 6.07) is 1.85. The highest BCUT2D eigenvalue weighted by Crippen LogP contribution is 2.03. The zero-order valence-corrected chi connectivity index (χ0v) is 8.64. The second kappa shape index (κ2) is 5.17. The summed E-state index contributed by atoms with van der Waals surface area (Å²) in [5.41, 5.74) is 1.01. The Morgan fingerprint density at radius 3 is 2.93 bits per heavy atom. The largest absolute Gasteiger partial charge is 0.234 e. The fraction of sp³-hybridized carbons (Fsp3) is 0.273. The van der Waals surface area contributed by atoms with Crippen LogP contribution in [0.5, 0.6) is 0 Å². The first-order valence-electron chi connectivity index (χ1n) is 4.67. The lowest BCUT2D eigenvalue weighted by Gasteiger charge is -2.01.